The lowest BCUT2D eigenvalue weighted by Gasteiger charge is -2.39. The summed E-state index contributed by atoms with van der Waals surface area (Å²) in [6.45, 7) is 6.26. The molecule has 1 aromatic carbocycles. The van der Waals surface area contributed by atoms with Crippen molar-refractivity contribution in [2.75, 3.05) is 18.8 Å². The molecule has 2 aliphatic rings. The number of urea groups is 1. The second-order valence-electron chi connectivity index (χ2n) is 6.77. The number of benzene rings is 1. The second kappa shape index (κ2) is 5.85. The highest BCUT2D eigenvalue weighted by Crippen LogP contribution is 2.31. The average molecular weight is 316 g/mol. The van der Waals surface area contributed by atoms with Crippen molar-refractivity contribution in [3.63, 3.8) is 0 Å². The van der Waals surface area contributed by atoms with E-state index in [0.29, 0.717) is 31.1 Å². The number of hydrogen-bond donors (Lipinski definition) is 2. The first-order valence-corrected chi connectivity index (χ1v) is 8.14. The van der Waals surface area contributed by atoms with Gasteiger partial charge in [-0.15, -0.1) is 0 Å². The summed E-state index contributed by atoms with van der Waals surface area (Å²) in [6.07, 6.45) is 1.35. The number of hydrogen-bond acceptors (Lipinski definition) is 4. The maximum Gasteiger partial charge on any atom is 0.325 e. The fraction of sp³-hybridized carbons (Fsp3) is 0.529. The number of nitrogens with one attached hydrogen (secondary N) is 1. The van der Waals surface area contributed by atoms with Crippen LogP contribution in [0.2, 0.25) is 0 Å². The molecule has 124 valence electrons. The van der Waals surface area contributed by atoms with Crippen LogP contribution in [0.25, 0.3) is 0 Å². The van der Waals surface area contributed by atoms with Gasteiger partial charge >= 0.3 is 6.03 Å². The molecule has 0 saturated carbocycles. The fourth-order valence-electron chi connectivity index (χ4n) is 3.39. The number of rotatable bonds is 3. The van der Waals surface area contributed by atoms with E-state index in [4.69, 9.17) is 5.73 Å². The summed E-state index contributed by atoms with van der Waals surface area (Å²) in [5.41, 5.74) is 6.53. The molecule has 2 fully saturated rings. The number of anilines is 1. The lowest BCUT2D eigenvalue weighted by Crippen LogP contribution is -2.55. The Hall–Kier alpha value is -2.08. The summed E-state index contributed by atoms with van der Waals surface area (Å²) in [5.74, 6) is -0.0947. The number of piperidine rings is 1. The van der Waals surface area contributed by atoms with Crippen LogP contribution in [-0.2, 0) is 11.3 Å². The van der Waals surface area contributed by atoms with E-state index in [-0.39, 0.29) is 11.9 Å². The zero-order valence-corrected chi connectivity index (χ0v) is 13.7. The van der Waals surface area contributed by atoms with Crippen molar-refractivity contribution in [2.45, 2.75) is 44.8 Å². The Balaban J connectivity index is 1.72. The molecule has 0 atom stereocenters. The normalized spacial score (nSPS) is 21.3. The zero-order chi connectivity index (χ0) is 16.6. The highest BCUT2D eigenvalue weighted by molar-refractivity contribution is 6.07. The zero-order valence-electron chi connectivity index (χ0n) is 13.7. The largest absolute Gasteiger partial charge is 0.399 e. The fourth-order valence-corrected chi connectivity index (χ4v) is 3.39. The van der Waals surface area contributed by atoms with E-state index in [1.807, 2.05) is 12.1 Å². The van der Waals surface area contributed by atoms with Crippen LogP contribution in [0.3, 0.4) is 0 Å². The van der Waals surface area contributed by atoms with Gasteiger partial charge in [0, 0.05) is 24.8 Å². The molecular weight excluding hydrogens is 292 g/mol. The Morgan fingerprint density at radius 3 is 2.35 bits per heavy atom. The predicted octanol–water partition coefficient (Wildman–Crippen LogP) is 1.56. The van der Waals surface area contributed by atoms with E-state index in [1.165, 1.54) is 4.90 Å². The van der Waals surface area contributed by atoms with Gasteiger partial charge in [-0.25, -0.2) is 4.79 Å². The Labute approximate surface area is 136 Å². The molecule has 2 saturated heterocycles. The average Bonchev–Trinajstić information content (AvgIpc) is 2.74. The van der Waals surface area contributed by atoms with Gasteiger partial charge in [-0.1, -0.05) is 12.1 Å². The third-order valence-corrected chi connectivity index (χ3v) is 4.95. The van der Waals surface area contributed by atoms with Crippen molar-refractivity contribution < 1.29 is 9.59 Å². The smallest absolute Gasteiger partial charge is 0.325 e. The number of amides is 3. The van der Waals surface area contributed by atoms with Crippen LogP contribution in [0.1, 0.15) is 32.3 Å². The lowest BCUT2D eigenvalue weighted by molar-refractivity contribution is -0.133. The Kier molecular flexibility index (Phi) is 4.02. The molecule has 0 radical (unpaired) electrons. The minimum Gasteiger partial charge on any atom is -0.399 e. The van der Waals surface area contributed by atoms with Gasteiger partial charge in [0.05, 0.1) is 6.54 Å². The van der Waals surface area contributed by atoms with E-state index >= 15 is 0 Å². The number of nitrogens with two attached hydrogens (primary N) is 1. The molecule has 0 aromatic heterocycles. The summed E-state index contributed by atoms with van der Waals surface area (Å²) in [7, 11) is 0. The number of nitrogen functional groups attached to an aromatic ring is 1. The monoisotopic (exact) mass is 316 g/mol. The van der Waals surface area contributed by atoms with E-state index in [9.17, 15) is 9.59 Å². The number of nitrogens with zero attached hydrogens (tertiary/aromatic N) is 2. The molecule has 23 heavy (non-hydrogen) atoms. The molecule has 1 aromatic rings. The van der Waals surface area contributed by atoms with Crippen molar-refractivity contribution in [1.29, 1.82) is 0 Å². The first kappa shape index (κ1) is 15.8. The number of carbonyl (C=O) groups excluding carboxylic acids is 2. The molecule has 0 unspecified atom stereocenters. The molecule has 6 nitrogen and oxygen atoms in total. The summed E-state index contributed by atoms with van der Waals surface area (Å²) >= 11 is 0. The van der Waals surface area contributed by atoms with Gasteiger partial charge in [0.15, 0.2) is 0 Å². The molecule has 2 aliphatic heterocycles. The maximum atomic E-state index is 12.8. The van der Waals surface area contributed by atoms with Crippen molar-refractivity contribution >= 4 is 17.6 Å². The van der Waals surface area contributed by atoms with Gasteiger partial charge in [-0.2, -0.15) is 0 Å². The molecule has 3 rings (SSSR count). The SMILES string of the molecule is CC(C)N1CCC2(CC1)NC(=O)N(Cc1ccc(N)cc1)C2=O. The van der Waals surface area contributed by atoms with Gasteiger partial charge in [0.25, 0.3) is 5.91 Å². The van der Waals surface area contributed by atoms with E-state index < -0.39 is 5.54 Å². The van der Waals surface area contributed by atoms with E-state index in [1.54, 1.807) is 12.1 Å². The summed E-state index contributed by atoms with van der Waals surface area (Å²) in [6, 6.07) is 7.44. The molecular formula is C17H24N4O2. The standard InChI is InChI=1S/C17H24N4O2/c1-12(2)20-9-7-17(8-10-20)15(22)21(16(23)19-17)11-13-3-5-14(18)6-4-13/h3-6,12H,7-11,18H2,1-2H3,(H,19,23). The van der Waals surface area contributed by atoms with E-state index in [0.717, 1.165) is 18.7 Å². The number of likely N-dealkylation sites (tertiary alicyclic amines) is 1. The van der Waals surface area contributed by atoms with Gasteiger partial charge < -0.3 is 16.0 Å². The van der Waals surface area contributed by atoms with Crippen LogP contribution in [0.15, 0.2) is 24.3 Å². The second-order valence-corrected chi connectivity index (χ2v) is 6.77. The third kappa shape index (κ3) is 2.91. The van der Waals surface area contributed by atoms with Gasteiger partial charge in [-0.05, 0) is 44.4 Å². The highest BCUT2D eigenvalue weighted by Gasteiger charge is 2.52. The van der Waals surface area contributed by atoms with Crippen LogP contribution in [0.4, 0.5) is 10.5 Å². The van der Waals surface area contributed by atoms with Crippen molar-refractivity contribution in [2.24, 2.45) is 0 Å². The maximum absolute atomic E-state index is 12.8. The van der Waals surface area contributed by atoms with Crippen molar-refractivity contribution in [3.8, 4) is 0 Å². The summed E-state index contributed by atoms with van der Waals surface area (Å²) in [5, 5.41) is 2.95. The summed E-state index contributed by atoms with van der Waals surface area (Å²) in [4.78, 5) is 28.8. The van der Waals surface area contributed by atoms with Crippen LogP contribution in [0.5, 0.6) is 0 Å². The highest BCUT2D eigenvalue weighted by atomic mass is 16.2. The van der Waals surface area contributed by atoms with Crippen molar-refractivity contribution in [1.82, 2.24) is 15.1 Å². The molecule has 0 aliphatic carbocycles. The van der Waals surface area contributed by atoms with E-state index in [2.05, 4.69) is 24.1 Å². The quantitative estimate of drug-likeness (QED) is 0.655. The minimum absolute atomic E-state index is 0.0947. The number of carbonyl (C=O) groups is 2. The third-order valence-electron chi connectivity index (χ3n) is 4.95. The molecule has 2 heterocycles. The van der Waals surface area contributed by atoms with Gasteiger partial charge in [0.1, 0.15) is 5.54 Å². The molecule has 0 bridgehead atoms. The van der Waals surface area contributed by atoms with Crippen LogP contribution >= 0.6 is 0 Å². The Morgan fingerprint density at radius 1 is 1.17 bits per heavy atom. The van der Waals surface area contributed by atoms with Crippen molar-refractivity contribution in [3.05, 3.63) is 29.8 Å². The minimum atomic E-state index is -0.712. The first-order valence-electron chi connectivity index (χ1n) is 8.14. The molecule has 1 spiro atoms. The van der Waals surface area contributed by atoms with Crippen LogP contribution < -0.4 is 11.1 Å². The molecule has 3 amide bonds. The first-order chi connectivity index (χ1) is 10.9. The topological polar surface area (TPSA) is 78.7 Å². The summed E-state index contributed by atoms with van der Waals surface area (Å²) < 4.78 is 0. The Morgan fingerprint density at radius 2 is 1.78 bits per heavy atom. The number of imide groups is 1. The molecule has 6 heteroatoms. The van der Waals surface area contributed by atoms with Crippen LogP contribution in [0, 0.1) is 0 Å². The Bertz CT molecular complexity index is 604. The predicted molar refractivity (Wildman–Crippen MR) is 88.6 cm³/mol. The van der Waals surface area contributed by atoms with Gasteiger partial charge in [-0.3, -0.25) is 9.69 Å². The van der Waals surface area contributed by atoms with Crippen LogP contribution in [-0.4, -0.2) is 46.4 Å². The lowest BCUT2D eigenvalue weighted by atomic mass is 9.87. The van der Waals surface area contributed by atoms with Gasteiger partial charge in [0.2, 0.25) is 0 Å². The molecule has 3 N–H and O–H groups in total.